The number of pyridine rings is 1. The van der Waals surface area contributed by atoms with E-state index in [-0.39, 0.29) is 0 Å². The van der Waals surface area contributed by atoms with Gasteiger partial charge in [-0.25, -0.2) is 0 Å². The fraction of sp³-hybridized carbons (Fsp3) is 0.188. The molecule has 0 aliphatic rings. The molecule has 2 heteroatoms. The molecule has 0 amide bonds. The third-order valence-electron chi connectivity index (χ3n) is 2.62. The van der Waals surface area contributed by atoms with Crippen LogP contribution in [0.2, 0.25) is 0 Å². The minimum Gasteiger partial charge on any atom is -0.385 e. The second-order valence-electron chi connectivity index (χ2n) is 4.19. The number of benzene rings is 1. The lowest BCUT2D eigenvalue weighted by Gasteiger charge is -2.03. The highest BCUT2D eigenvalue weighted by Crippen LogP contribution is 2.13. The Bertz CT molecular complexity index is 544. The molecule has 0 bridgehead atoms. The lowest BCUT2D eigenvalue weighted by molar-refractivity contribution is 1.18. The Morgan fingerprint density at radius 3 is 2.72 bits per heavy atom. The molecule has 0 spiro atoms. The second-order valence-corrected chi connectivity index (χ2v) is 4.19. The minimum atomic E-state index is 0.937. The highest BCUT2D eigenvalue weighted by atomic mass is 14.8. The molecule has 1 aromatic carbocycles. The van der Waals surface area contributed by atoms with Crippen LogP contribution in [0.5, 0.6) is 0 Å². The summed E-state index contributed by atoms with van der Waals surface area (Å²) in [5.74, 6) is 0. The quantitative estimate of drug-likeness (QED) is 0.871. The van der Waals surface area contributed by atoms with Gasteiger partial charge in [-0.3, -0.25) is 4.98 Å². The fourth-order valence-electron chi connectivity index (χ4n) is 1.79. The summed E-state index contributed by atoms with van der Waals surface area (Å²) in [6.07, 6.45) is 4.13. The zero-order chi connectivity index (χ0) is 12.8. The van der Waals surface area contributed by atoms with E-state index >= 15 is 0 Å². The summed E-state index contributed by atoms with van der Waals surface area (Å²) in [7, 11) is 0. The number of aromatic nitrogens is 1. The highest BCUT2D eigenvalue weighted by molar-refractivity contribution is 5.70. The molecular formula is C16H18N2. The topological polar surface area (TPSA) is 24.9 Å². The van der Waals surface area contributed by atoms with Gasteiger partial charge in [-0.2, -0.15) is 0 Å². The predicted molar refractivity (Wildman–Crippen MR) is 78.5 cm³/mol. The van der Waals surface area contributed by atoms with Crippen LogP contribution < -0.4 is 5.32 Å². The number of anilines is 1. The third-order valence-corrected chi connectivity index (χ3v) is 2.62. The van der Waals surface area contributed by atoms with Gasteiger partial charge in [0.25, 0.3) is 0 Å². The second kappa shape index (κ2) is 6.01. The van der Waals surface area contributed by atoms with Gasteiger partial charge in [0.2, 0.25) is 0 Å². The van der Waals surface area contributed by atoms with Crippen molar-refractivity contribution in [3.8, 4) is 0 Å². The van der Waals surface area contributed by atoms with Crippen molar-refractivity contribution in [2.24, 2.45) is 0 Å². The van der Waals surface area contributed by atoms with Crippen LogP contribution in [0.3, 0.4) is 0 Å². The van der Waals surface area contributed by atoms with Crippen molar-refractivity contribution in [3.05, 3.63) is 59.4 Å². The van der Waals surface area contributed by atoms with Crippen molar-refractivity contribution < 1.29 is 0 Å². The highest BCUT2D eigenvalue weighted by Gasteiger charge is 1.92. The molecule has 0 aliphatic carbocycles. The molecule has 0 saturated carbocycles. The van der Waals surface area contributed by atoms with Crippen molar-refractivity contribution in [1.29, 1.82) is 0 Å². The number of nitrogens with one attached hydrogen (secondary N) is 1. The first kappa shape index (κ1) is 12.4. The van der Waals surface area contributed by atoms with E-state index in [4.69, 9.17) is 0 Å². The summed E-state index contributed by atoms with van der Waals surface area (Å²) < 4.78 is 0. The van der Waals surface area contributed by atoms with Crippen molar-refractivity contribution in [2.45, 2.75) is 13.8 Å². The van der Waals surface area contributed by atoms with Gasteiger partial charge >= 0.3 is 0 Å². The molecular weight excluding hydrogens is 220 g/mol. The Hall–Kier alpha value is -2.09. The smallest absolute Gasteiger partial charge is 0.0633 e. The molecule has 0 aliphatic heterocycles. The van der Waals surface area contributed by atoms with Crippen LogP contribution in [-0.4, -0.2) is 11.5 Å². The molecule has 1 aromatic heterocycles. The Labute approximate surface area is 108 Å². The van der Waals surface area contributed by atoms with Crippen molar-refractivity contribution in [1.82, 2.24) is 4.98 Å². The normalized spacial score (nSPS) is 10.8. The first-order valence-corrected chi connectivity index (χ1v) is 6.23. The maximum Gasteiger partial charge on any atom is 0.0633 e. The first-order valence-electron chi connectivity index (χ1n) is 6.23. The molecule has 2 aromatic rings. The summed E-state index contributed by atoms with van der Waals surface area (Å²) in [5.41, 5.74) is 4.36. The van der Waals surface area contributed by atoms with Crippen LogP contribution in [0.4, 0.5) is 5.69 Å². The summed E-state index contributed by atoms with van der Waals surface area (Å²) in [5, 5.41) is 3.31. The summed E-state index contributed by atoms with van der Waals surface area (Å²) in [6.45, 7) is 5.04. The zero-order valence-corrected chi connectivity index (χ0v) is 10.9. The van der Waals surface area contributed by atoms with Gasteiger partial charge in [0.05, 0.1) is 5.69 Å². The molecule has 0 atom stereocenters. The Morgan fingerprint density at radius 1 is 1.11 bits per heavy atom. The first-order chi connectivity index (χ1) is 8.78. The van der Waals surface area contributed by atoms with Gasteiger partial charge < -0.3 is 5.32 Å². The lowest BCUT2D eigenvalue weighted by atomic mass is 10.1. The van der Waals surface area contributed by atoms with Crippen molar-refractivity contribution in [3.63, 3.8) is 0 Å². The number of nitrogens with zero attached hydrogens (tertiary/aromatic N) is 1. The van der Waals surface area contributed by atoms with E-state index in [2.05, 4.69) is 47.6 Å². The average Bonchev–Trinajstić information content (AvgIpc) is 2.37. The van der Waals surface area contributed by atoms with E-state index in [0.29, 0.717) is 0 Å². The minimum absolute atomic E-state index is 0.937. The van der Waals surface area contributed by atoms with Crippen molar-refractivity contribution >= 4 is 17.8 Å². The van der Waals surface area contributed by atoms with E-state index in [1.165, 1.54) is 5.56 Å². The van der Waals surface area contributed by atoms with Gasteiger partial charge in [-0.15, -0.1) is 0 Å². The molecule has 0 saturated heterocycles. The van der Waals surface area contributed by atoms with Crippen LogP contribution in [0.25, 0.3) is 12.2 Å². The fourth-order valence-corrected chi connectivity index (χ4v) is 1.79. The Kier molecular flexibility index (Phi) is 4.13. The zero-order valence-electron chi connectivity index (χ0n) is 10.9. The molecule has 0 radical (unpaired) electrons. The van der Waals surface area contributed by atoms with Crippen LogP contribution in [-0.2, 0) is 0 Å². The Balaban J connectivity index is 2.15. The van der Waals surface area contributed by atoms with Crippen LogP contribution in [0.1, 0.15) is 23.9 Å². The molecule has 0 unspecified atom stereocenters. The van der Waals surface area contributed by atoms with Gasteiger partial charge in [-0.1, -0.05) is 24.3 Å². The van der Waals surface area contributed by atoms with E-state index in [1.807, 2.05) is 31.2 Å². The molecule has 92 valence electrons. The monoisotopic (exact) mass is 238 g/mol. The largest absolute Gasteiger partial charge is 0.385 e. The maximum atomic E-state index is 4.44. The summed E-state index contributed by atoms with van der Waals surface area (Å²) >= 11 is 0. The summed E-state index contributed by atoms with van der Waals surface area (Å²) in [6, 6.07) is 14.4. The predicted octanol–water partition coefficient (Wildman–Crippen LogP) is 3.99. The van der Waals surface area contributed by atoms with Crippen LogP contribution >= 0.6 is 0 Å². The van der Waals surface area contributed by atoms with E-state index in [0.717, 1.165) is 23.6 Å². The van der Waals surface area contributed by atoms with Gasteiger partial charge in [-0.05, 0) is 49.8 Å². The molecule has 1 heterocycles. The molecule has 1 N–H and O–H groups in total. The maximum absolute atomic E-state index is 4.44. The lowest BCUT2D eigenvalue weighted by Crippen LogP contribution is -1.95. The number of hydrogen-bond donors (Lipinski definition) is 1. The van der Waals surface area contributed by atoms with E-state index in [9.17, 15) is 0 Å². The molecule has 2 nitrogen and oxygen atoms in total. The third kappa shape index (κ3) is 3.45. The molecule has 2 rings (SSSR count). The standard InChI is InChI=1S/C16H18N2/c1-3-17-16-9-5-7-14(12-16)10-11-15-8-4-6-13(2)18-15/h4-12,17H,3H2,1-2H3/b11-10+. The summed E-state index contributed by atoms with van der Waals surface area (Å²) in [4.78, 5) is 4.44. The number of rotatable bonds is 4. The van der Waals surface area contributed by atoms with Gasteiger partial charge in [0.15, 0.2) is 0 Å². The van der Waals surface area contributed by atoms with Gasteiger partial charge in [0, 0.05) is 17.9 Å². The van der Waals surface area contributed by atoms with E-state index in [1.54, 1.807) is 0 Å². The molecule has 0 fully saturated rings. The Morgan fingerprint density at radius 2 is 1.94 bits per heavy atom. The number of aryl methyl sites for hydroxylation is 1. The SMILES string of the molecule is CCNc1cccc(/C=C/c2cccc(C)n2)c1. The van der Waals surface area contributed by atoms with Crippen LogP contribution in [0.15, 0.2) is 42.5 Å². The van der Waals surface area contributed by atoms with Crippen molar-refractivity contribution in [2.75, 3.05) is 11.9 Å². The van der Waals surface area contributed by atoms with E-state index < -0.39 is 0 Å². The van der Waals surface area contributed by atoms with Gasteiger partial charge in [0.1, 0.15) is 0 Å². The molecule has 18 heavy (non-hydrogen) atoms. The number of hydrogen-bond acceptors (Lipinski definition) is 2. The average molecular weight is 238 g/mol. The van der Waals surface area contributed by atoms with Crippen LogP contribution in [0, 0.1) is 6.92 Å².